The molecule has 3 rings (SSSR count). The molecule has 1 aliphatic rings. The van der Waals surface area contributed by atoms with Crippen LogP contribution in [0.5, 0.6) is 0 Å². The predicted molar refractivity (Wildman–Crippen MR) is 88.5 cm³/mol. The molecule has 2 aromatic carbocycles. The molecule has 0 spiro atoms. The van der Waals surface area contributed by atoms with Crippen molar-refractivity contribution in [3.8, 4) is 0 Å². The van der Waals surface area contributed by atoms with E-state index in [1.54, 1.807) is 31.3 Å². The van der Waals surface area contributed by atoms with Gasteiger partial charge in [0.2, 0.25) is 10.0 Å². The minimum absolute atomic E-state index is 0.106. The lowest BCUT2D eigenvalue weighted by atomic mass is 9.88. The van der Waals surface area contributed by atoms with Crippen LogP contribution < -0.4 is 0 Å². The molecular formula is C17H18ClNO2S. The minimum atomic E-state index is -3.52. The predicted octanol–water partition coefficient (Wildman–Crippen LogP) is 4.04. The second-order valence-corrected chi connectivity index (χ2v) is 8.02. The van der Waals surface area contributed by atoms with Gasteiger partial charge < -0.3 is 0 Å². The molecular weight excluding hydrogens is 318 g/mol. The van der Waals surface area contributed by atoms with Gasteiger partial charge in [-0.2, -0.15) is 4.31 Å². The largest absolute Gasteiger partial charge is 0.243 e. The average molecular weight is 336 g/mol. The molecule has 0 N–H and O–H groups in total. The van der Waals surface area contributed by atoms with Gasteiger partial charge in [-0.25, -0.2) is 8.42 Å². The number of rotatable bonds is 3. The zero-order chi connectivity index (χ0) is 15.7. The summed E-state index contributed by atoms with van der Waals surface area (Å²) in [5.74, 6) is 0. The van der Waals surface area contributed by atoms with Crippen LogP contribution in [0.4, 0.5) is 0 Å². The summed E-state index contributed by atoms with van der Waals surface area (Å²) < 4.78 is 27.2. The fourth-order valence-corrected chi connectivity index (χ4v) is 4.54. The van der Waals surface area contributed by atoms with Crippen LogP contribution >= 0.6 is 11.6 Å². The first-order chi connectivity index (χ1) is 10.5. The van der Waals surface area contributed by atoms with E-state index in [4.69, 9.17) is 11.6 Å². The van der Waals surface area contributed by atoms with Gasteiger partial charge in [0.15, 0.2) is 0 Å². The highest BCUT2D eigenvalue weighted by atomic mass is 35.5. The van der Waals surface area contributed by atoms with Crippen molar-refractivity contribution in [3.63, 3.8) is 0 Å². The fourth-order valence-electron chi connectivity index (χ4n) is 3.05. The number of aryl methyl sites for hydroxylation is 1. The van der Waals surface area contributed by atoms with Crippen molar-refractivity contribution in [2.45, 2.75) is 30.2 Å². The first-order valence-corrected chi connectivity index (χ1v) is 9.13. The molecule has 5 heteroatoms. The van der Waals surface area contributed by atoms with Crippen LogP contribution in [0.15, 0.2) is 53.4 Å². The van der Waals surface area contributed by atoms with Crippen molar-refractivity contribution in [3.05, 3.63) is 64.7 Å². The van der Waals surface area contributed by atoms with E-state index in [1.165, 1.54) is 9.87 Å². The van der Waals surface area contributed by atoms with Crippen molar-refractivity contribution >= 4 is 21.6 Å². The van der Waals surface area contributed by atoms with Crippen molar-refractivity contribution in [2.75, 3.05) is 7.05 Å². The zero-order valence-electron chi connectivity index (χ0n) is 12.4. The lowest BCUT2D eigenvalue weighted by molar-refractivity contribution is 0.337. The Bertz CT molecular complexity index is 772. The monoisotopic (exact) mass is 335 g/mol. The zero-order valence-corrected chi connectivity index (χ0v) is 13.9. The summed E-state index contributed by atoms with van der Waals surface area (Å²) in [4.78, 5) is 0.280. The van der Waals surface area contributed by atoms with E-state index in [1.807, 2.05) is 18.2 Å². The fraction of sp³-hybridized carbons (Fsp3) is 0.294. The molecule has 22 heavy (non-hydrogen) atoms. The standard InChI is InChI=1S/C17H18ClNO2S/c1-19(22(20,21)15-11-9-14(18)10-12-15)17-8-4-6-13-5-2-3-7-16(13)17/h2-3,5,7,9-12,17H,4,6,8H2,1H3/t17-/m1/s1. The SMILES string of the molecule is CN([C@@H]1CCCc2ccccc21)S(=O)(=O)c1ccc(Cl)cc1. The second kappa shape index (κ2) is 6.03. The number of hydrogen-bond acceptors (Lipinski definition) is 2. The molecule has 0 heterocycles. The summed E-state index contributed by atoms with van der Waals surface area (Å²) in [5.41, 5.74) is 2.37. The Morgan fingerprint density at radius 2 is 1.77 bits per heavy atom. The van der Waals surface area contributed by atoms with Crippen molar-refractivity contribution in [1.82, 2.24) is 4.31 Å². The third-order valence-corrected chi connectivity index (χ3v) is 6.40. The van der Waals surface area contributed by atoms with Crippen LogP contribution in [0.1, 0.15) is 30.0 Å². The molecule has 0 bridgehead atoms. The van der Waals surface area contributed by atoms with Gasteiger partial charge in [0.1, 0.15) is 0 Å². The molecule has 0 unspecified atom stereocenters. The van der Waals surface area contributed by atoms with Crippen molar-refractivity contribution < 1.29 is 8.42 Å². The first kappa shape index (κ1) is 15.5. The van der Waals surface area contributed by atoms with Gasteiger partial charge in [0.25, 0.3) is 0 Å². The normalized spacial score (nSPS) is 18.2. The summed E-state index contributed by atoms with van der Waals surface area (Å²) in [5, 5.41) is 0.532. The number of benzene rings is 2. The molecule has 0 fully saturated rings. The van der Waals surface area contributed by atoms with Gasteiger partial charge in [-0.15, -0.1) is 0 Å². The average Bonchev–Trinajstić information content (AvgIpc) is 2.54. The second-order valence-electron chi connectivity index (χ2n) is 5.58. The highest BCUT2D eigenvalue weighted by Gasteiger charge is 2.31. The molecule has 2 aromatic rings. The Hall–Kier alpha value is -1.36. The lowest BCUT2D eigenvalue weighted by Gasteiger charge is -2.32. The Kier molecular flexibility index (Phi) is 4.26. The van der Waals surface area contributed by atoms with E-state index < -0.39 is 10.0 Å². The Balaban J connectivity index is 1.97. The van der Waals surface area contributed by atoms with Crippen LogP contribution in [0.3, 0.4) is 0 Å². The van der Waals surface area contributed by atoms with Crippen LogP contribution in [0.25, 0.3) is 0 Å². The van der Waals surface area contributed by atoms with Crippen molar-refractivity contribution in [2.24, 2.45) is 0 Å². The topological polar surface area (TPSA) is 37.4 Å². The smallest absolute Gasteiger partial charge is 0.207 e. The third-order valence-electron chi connectivity index (χ3n) is 4.27. The third kappa shape index (κ3) is 2.78. The highest BCUT2D eigenvalue weighted by Crippen LogP contribution is 2.36. The summed E-state index contributed by atoms with van der Waals surface area (Å²) in [6, 6.07) is 14.3. The van der Waals surface area contributed by atoms with Crippen LogP contribution in [-0.2, 0) is 16.4 Å². The molecule has 1 aliphatic carbocycles. The van der Waals surface area contributed by atoms with Gasteiger partial charge in [-0.1, -0.05) is 35.9 Å². The van der Waals surface area contributed by atoms with Gasteiger partial charge in [0.05, 0.1) is 4.90 Å². The van der Waals surface area contributed by atoms with E-state index in [0.717, 1.165) is 24.8 Å². The molecule has 0 amide bonds. The molecule has 1 atom stereocenters. The maximum Gasteiger partial charge on any atom is 0.243 e. The molecule has 0 saturated carbocycles. The Morgan fingerprint density at radius 3 is 2.50 bits per heavy atom. The number of nitrogens with zero attached hydrogens (tertiary/aromatic N) is 1. The van der Waals surface area contributed by atoms with E-state index in [-0.39, 0.29) is 10.9 Å². The molecule has 0 aliphatic heterocycles. The Labute approximate surface area is 136 Å². The number of fused-ring (bicyclic) bond motifs is 1. The maximum atomic E-state index is 12.8. The van der Waals surface area contributed by atoms with Crippen LogP contribution in [0.2, 0.25) is 5.02 Å². The van der Waals surface area contributed by atoms with Crippen LogP contribution in [0, 0.1) is 0 Å². The number of halogens is 1. The van der Waals surface area contributed by atoms with Gasteiger partial charge in [-0.3, -0.25) is 0 Å². The minimum Gasteiger partial charge on any atom is -0.207 e. The molecule has 0 aromatic heterocycles. The number of hydrogen-bond donors (Lipinski definition) is 0. The molecule has 0 radical (unpaired) electrons. The van der Waals surface area contributed by atoms with Gasteiger partial charge in [0, 0.05) is 18.1 Å². The summed E-state index contributed by atoms with van der Waals surface area (Å²) in [6.45, 7) is 0. The highest BCUT2D eigenvalue weighted by molar-refractivity contribution is 7.89. The summed E-state index contributed by atoms with van der Waals surface area (Å²) in [6.07, 6.45) is 2.87. The molecule has 0 saturated heterocycles. The molecule has 3 nitrogen and oxygen atoms in total. The van der Waals surface area contributed by atoms with Crippen LogP contribution in [-0.4, -0.2) is 19.8 Å². The maximum absolute atomic E-state index is 12.8. The number of sulfonamides is 1. The lowest BCUT2D eigenvalue weighted by Crippen LogP contribution is -2.33. The van der Waals surface area contributed by atoms with E-state index in [0.29, 0.717) is 5.02 Å². The van der Waals surface area contributed by atoms with E-state index >= 15 is 0 Å². The van der Waals surface area contributed by atoms with E-state index in [9.17, 15) is 8.42 Å². The van der Waals surface area contributed by atoms with Gasteiger partial charge in [-0.05, 0) is 54.7 Å². The van der Waals surface area contributed by atoms with Gasteiger partial charge >= 0.3 is 0 Å². The Morgan fingerprint density at radius 1 is 1.09 bits per heavy atom. The van der Waals surface area contributed by atoms with E-state index in [2.05, 4.69) is 6.07 Å². The summed E-state index contributed by atoms with van der Waals surface area (Å²) in [7, 11) is -1.86. The van der Waals surface area contributed by atoms with Crippen molar-refractivity contribution in [1.29, 1.82) is 0 Å². The quantitative estimate of drug-likeness (QED) is 0.849. The summed E-state index contributed by atoms with van der Waals surface area (Å²) >= 11 is 5.85. The first-order valence-electron chi connectivity index (χ1n) is 7.31. The molecule has 116 valence electrons.